The van der Waals surface area contributed by atoms with Gasteiger partial charge < -0.3 is 18.7 Å². The average molecular weight is 680 g/mol. The molecule has 1 N–H and O–H groups in total. The third kappa shape index (κ3) is 4.55. The van der Waals surface area contributed by atoms with E-state index < -0.39 is 16.4 Å². The summed E-state index contributed by atoms with van der Waals surface area (Å²) in [6, 6.07) is 60.4. The van der Waals surface area contributed by atoms with Gasteiger partial charge in [-0.15, -0.1) is 0 Å². The molecule has 240 valence electrons. The number of hydrogen-bond donors (Lipinski definition) is 1. The summed E-state index contributed by atoms with van der Waals surface area (Å²) in [5, 5.41) is 7.61. The van der Waals surface area contributed by atoms with Crippen LogP contribution in [0.2, 0.25) is 0 Å². The molecule has 1 aliphatic rings. The van der Waals surface area contributed by atoms with E-state index in [1.54, 1.807) is 0 Å². The van der Waals surface area contributed by atoms with Crippen LogP contribution in [0.25, 0.3) is 16.7 Å². The topological polar surface area (TPSA) is 51.2 Å². The highest BCUT2D eigenvalue weighted by Gasteiger charge is 2.46. The van der Waals surface area contributed by atoms with Crippen molar-refractivity contribution >= 4 is 63.9 Å². The van der Waals surface area contributed by atoms with Gasteiger partial charge in [-0.2, -0.15) is 0 Å². The van der Waals surface area contributed by atoms with E-state index in [2.05, 4.69) is 120 Å². The van der Waals surface area contributed by atoms with Gasteiger partial charge in [0.05, 0.1) is 29.1 Å². The third-order valence-corrected chi connectivity index (χ3v) is 18.2. The number of pyridine rings is 1. The quantitative estimate of drug-likeness (QED) is 0.160. The lowest BCUT2D eigenvalue weighted by molar-refractivity contribution is -0.649. The molecule has 3 heterocycles. The third-order valence-electron chi connectivity index (χ3n) is 9.98. The van der Waals surface area contributed by atoms with E-state index in [1.165, 1.54) is 26.3 Å². The Morgan fingerprint density at radius 2 is 1.22 bits per heavy atom. The molecule has 5 nitrogen and oxygen atoms in total. The molecule has 6 aromatic carbocycles. The first-order chi connectivity index (χ1) is 24.6. The first-order valence-electron chi connectivity index (χ1n) is 16.8. The van der Waals surface area contributed by atoms with E-state index in [1.807, 2.05) is 78.9 Å². The minimum Gasteiger partial charge on any atom is -0.440 e. The fraction of sp³-hybridized carbons (Fsp3) is 0.0233. The summed E-state index contributed by atoms with van der Waals surface area (Å²) in [5.74, 6) is 1.09. The van der Waals surface area contributed by atoms with Crippen LogP contribution in [0.15, 0.2) is 176 Å². The summed E-state index contributed by atoms with van der Waals surface area (Å²) in [7, 11) is -4.12. The van der Waals surface area contributed by atoms with Gasteiger partial charge in [0.25, 0.3) is 0 Å². The van der Waals surface area contributed by atoms with Crippen molar-refractivity contribution in [2.45, 2.75) is 0 Å². The molecule has 0 atom stereocenters. The van der Waals surface area contributed by atoms with Crippen molar-refractivity contribution in [3.05, 3.63) is 182 Å². The number of nitrogens with zero attached hydrogens (tertiary/aromatic N) is 3. The second-order valence-electron chi connectivity index (χ2n) is 12.7. The SMILES string of the molecule is C[n+]1[c-]n2c3c(cccc31)[Si](c1ccccc1)(c1ccccc1)c1ccc(Oc3cccc([Si](O)(c4ccccc4)c4ccccc4)n3)cc1-2. The number of ether oxygens (including phenoxy) is 1. The Kier molecular flexibility index (Phi) is 7.21. The fourth-order valence-corrected chi connectivity index (χ4v) is 15.7. The zero-order valence-electron chi connectivity index (χ0n) is 27.4. The molecule has 0 spiro atoms. The zero-order valence-corrected chi connectivity index (χ0v) is 29.4. The van der Waals surface area contributed by atoms with Gasteiger partial charge in [-0.05, 0) is 49.3 Å². The van der Waals surface area contributed by atoms with Crippen LogP contribution in [0.5, 0.6) is 11.6 Å². The highest BCUT2D eigenvalue weighted by molar-refractivity contribution is 7.21. The van der Waals surface area contributed by atoms with Crippen LogP contribution in [0.3, 0.4) is 0 Å². The smallest absolute Gasteiger partial charge is 0.304 e. The van der Waals surface area contributed by atoms with Crippen LogP contribution >= 0.6 is 0 Å². The maximum Gasteiger partial charge on any atom is 0.304 e. The minimum atomic E-state index is -3.41. The average Bonchev–Trinajstić information content (AvgIpc) is 3.53. The Balaban J connectivity index is 1.22. The van der Waals surface area contributed by atoms with E-state index in [-0.39, 0.29) is 0 Å². The number of aryl methyl sites for hydroxylation is 1. The van der Waals surface area contributed by atoms with Gasteiger partial charge in [0.15, 0.2) is 8.07 Å². The maximum absolute atomic E-state index is 12.5. The predicted octanol–water partition coefficient (Wildman–Crippen LogP) is 3.09. The molecule has 0 fully saturated rings. The Bertz CT molecular complexity index is 2410. The van der Waals surface area contributed by atoms with Crippen molar-refractivity contribution in [2.75, 3.05) is 0 Å². The Morgan fingerprint density at radius 1 is 0.640 bits per heavy atom. The number of hydrogen-bond acceptors (Lipinski definition) is 3. The molecule has 9 rings (SSSR count). The second-order valence-corrected chi connectivity index (χ2v) is 19.6. The summed E-state index contributed by atoms with van der Waals surface area (Å²) in [4.78, 5) is 17.5. The lowest BCUT2D eigenvalue weighted by atomic mass is 10.2. The Labute approximate surface area is 293 Å². The van der Waals surface area contributed by atoms with Crippen molar-refractivity contribution in [1.82, 2.24) is 9.55 Å². The highest BCUT2D eigenvalue weighted by Crippen LogP contribution is 2.29. The molecule has 0 aliphatic carbocycles. The molecular formula is C43H33N3O2Si2. The van der Waals surface area contributed by atoms with Gasteiger partial charge in [0, 0.05) is 6.07 Å². The van der Waals surface area contributed by atoms with E-state index in [4.69, 9.17) is 9.72 Å². The molecule has 2 aromatic heterocycles. The molecular weight excluding hydrogens is 647 g/mol. The summed E-state index contributed by atoms with van der Waals surface area (Å²) in [5.41, 5.74) is 3.34. The number of imidazole rings is 1. The minimum absolute atomic E-state index is 0.429. The standard InChI is InChI=1S/C43H33N3O2Si2/c1-45-31-46-38-30-32(48-41-26-15-27-42(44-41)50(47,35-20-10-4-11-21-35)36-22-12-5-13-23-36)28-29-39(38)49(33-16-6-2-7-17-33,34-18-8-3-9-19-34)40-25-14-24-37(45)43(40)46/h2-30,47H,1H3. The van der Waals surface area contributed by atoms with Crippen molar-refractivity contribution in [2.24, 2.45) is 7.05 Å². The number of aromatic nitrogens is 3. The van der Waals surface area contributed by atoms with E-state index in [9.17, 15) is 4.80 Å². The van der Waals surface area contributed by atoms with Gasteiger partial charge in [-0.1, -0.05) is 152 Å². The van der Waals surface area contributed by atoms with Gasteiger partial charge in [-0.25, -0.2) is 4.98 Å². The Morgan fingerprint density at radius 3 is 1.84 bits per heavy atom. The predicted molar refractivity (Wildman–Crippen MR) is 205 cm³/mol. The lowest BCUT2D eigenvalue weighted by Crippen LogP contribution is -2.76. The van der Waals surface area contributed by atoms with Crippen LogP contribution < -0.4 is 45.7 Å². The summed E-state index contributed by atoms with van der Waals surface area (Å²) in [6.45, 7) is 0. The number of fused-ring (bicyclic) bond motifs is 2. The summed E-state index contributed by atoms with van der Waals surface area (Å²) < 4.78 is 10.9. The number of para-hydroxylation sites is 1. The van der Waals surface area contributed by atoms with Gasteiger partial charge in [-0.3, -0.25) is 0 Å². The molecule has 7 heteroatoms. The molecule has 0 bridgehead atoms. The normalized spacial score (nSPS) is 13.2. The van der Waals surface area contributed by atoms with Gasteiger partial charge in [0.1, 0.15) is 5.75 Å². The van der Waals surface area contributed by atoms with Crippen LogP contribution in [-0.2, 0) is 7.05 Å². The summed E-state index contributed by atoms with van der Waals surface area (Å²) in [6.07, 6.45) is 3.60. The monoisotopic (exact) mass is 679 g/mol. The second kappa shape index (κ2) is 11.9. The zero-order chi connectivity index (χ0) is 33.7. The first-order valence-corrected chi connectivity index (χ1v) is 20.7. The van der Waals surface area contributed by atoms with E-state index in [0.717, 1.165) is 21.6 Å². The molecule has 1 aliphatic heterocycles. The number of rotatable bonds is 7. The van der Waals surface area contributed by atoms with Crippen LogP contribution in [0.4, 0.5) is 0 Å². The van der Waals surface area contributed by atoms with E-state index >= 15 is 0 Å². The van der Waals surface area contributed by atoms with E-state index in [0.29, 0.717) is 16.9 Å². The van der Waals surface area contributed by atoms with Crippen molar-refractivity contribution in [1.29, 1.82) is 0 Å². The molecule has 0 unspecified atom stereocenters. The van der Waals surface area contributed by atoms with Gasteiger partial charge >= 0.3 is 8.32 Å². The lowest BCUT2D eigenvalue weighted by Gasteiger charge is -2.40. The maximum atomic E-state index is 12.5. The molecule has 0 saturated carbocycles. The van der Waals surface area contributed by atoms with Crippen molar-refractivity contribution < 1.29 is 14.1 Å². The summed E-state index contributed by atoms with van der Waals surface area (Å²) >= 11 is 0. The van der Waals surface area contributed by atoms with Crippen LogP contribution in [0.1, 0.15) is 0 Å². The van der Waals surface area contributed by atoms with Crippen LogP contribution in [-0.4, -0.2) is 30.7 Å². The first kappa shape index (κ1) is 30.2. The fourth-order valence-electron chi connectivity index (χ4n) is 7.77. The molecule has 0 amide bonds. The highest BCUT2D eigenvalue weighted by atomic mass is 28.4. The molecule has 50 heavy (non-hydrogen) atoms. The van der Waals surface area contributed by atoms with Crippen molar-refractivity contribution in [3.63, 3.8) is 0 Å². The molecule has 0 saturated heterocycles. The Hall–Kier alpha value is -5.87. The number of benzene rings is 6. The van der Waals surface area contributed by atoms with Crippen molar-refractivity contribution in [3.8, 4) is 17.3 Å². The largest absolute Gasteiger partial charge is 0.440 e. The van der Waals surface area contributed by atoms with Gasteiger partial charge in [0.2, 0.25) is 12.2 Å². The molecule has 8 aromatic rings. The van der Waals surface area contributed by atoms with Crippen LogP contribution in [0, 0.1) is 6.33 Å². The molecule has 0 radical (unpaired) electrons.